The lowest BCUT2D eigenvalue weighted by molar-refractivity contribution is 0.0825. The van der Waals surface area contributed by atoms with Gasteiger partial charge in [-0.25, -0.2) is 0 Å². The van der Waals surface area contributed by atoms with E-state index >= 15 is 0 Å². The van der Waals surface area contributed by atoms with Gasteiger partial charge < -0.3 is 21.1 Å². The van der Waals surface area contributed by atoms with E-state index in [-0.39, 0.29) is 23.9 Å². The minimum atomic E-state index is -0.846. The number of hydrogen-bond donors (Lipinski definition) is 4. The number of amides is 2. The van der Waals surface area contributed by atoms with Gasteiger partial charge in [-0.15, -0.1) is 0 Å². The number of nitrogens with one attached hydrogen (secondary N) is 3. The summed E-state index contributed by atoms with van der Waals surface area (Å²) in [6.07, 6.45) is -0.386. The van der Waals surface area contributed by atoms with Gasteiger partial charge in [-0.05, 0) is 74.6 Å². The summed E-state index contributed by atoms with van der Waals surface area (Å²) < 4.78 is 0. The van der Waals surface area contributed by atoms with Crippen molar-refractivity contribution in [3.05, 3.63) is 142 Å². The van der Waals surface area contributed by atoms with Crippen molar-refractivity contribution in [2.45, 2.75) is 58.3 Å². The van der Waals surface area contributed by atoms with Crippen LogP contribution in [-0.2, 0) is 6.42 Å². The van der Waals surface area contributed by atoms with Crippen LogP contribution in [0.3, 0.4) is 0 Å². The fourth-order valence-electron chi connectivity index (χ4n) is 4.97. The van der Waals surface area contributed by atoms with Crippen LogP contribution in [0.1, 0.15) is 74.5 Å². The molecule has 0 bridgehead atoms. The molecule has 0 aliphatic carbocycles. The third kappa shape index (κ3) is 8.62. The Morgan fingerprint density at radius 2 is 1.21 bits per heavy atom. The van der Waals surface area contributed by atoms with Gasteiger partial charge in [0.1, 0.15) is 0 Å². The first-order chi connectivity index (χ1) is 20.2. The summed E-state index contributed by atoms with van der Waals surface area (Å²) in [4.78, 5) is 26.7. The van der Waals surface area contributed by atoms with E-state index < -0.39 is 12.1 Å². The second-order valence-electron chi connectivity index (χ2n) is 11.1. The third-order valence-electron chi connectivity index (χ3n) is 7.54. The monoisotopic (exact) mass is 563 g/mol. The summed E-state index contributed by atoms with van der Waals surface area (Å²) in [5, 5.41) is 20.8. The Labute approximate surface area is 249 Å². The van der Waals surface area contributed by atoms with E-state index in [1.54, 1.807) is 18.2 Å². The lowest BCUT2D eigenvalue weighted by Gasteiger charge is -2.26. The maximum atomic E-state index is 13.5. The van der Waals surface area contributed by atoms with Crippen molar-refractivity contribution < 1.29 is 14.7 Å². The van der Waals surface area contributed by atoms with Crippen LogP contribution in [0.15, 0.2) is 103 Å². The number of carbonyl (C=O) groups excluding carboxylic acids is 2. The number of aliphatic hydroxyl groups excluding tert-OH is 1. The normalized spacial score (nSPS) is 13.9. The maximum Gasteiger partial charge on any atom is 0.251 e. The van der Waals surface area contributed by atoms with E-state index in [4.69, 9.17) is 0 Å². The summed E-state index contributed by atoms with van der Waals surface area (Å²) in [6.45, 7) is 8.20. The maximum absolute atomic E-state index is 13.5. The fraction of sp³-hybridized carbons (Fsp3) is 0.278. The Balaban J connectivity index is 1.47. The molecule has 6 heteroatoms. The number of aliphatic hydroxyl groups is 1. The fourth-order valence-corrected chi connectivity index (χ4v) is 4.97. The molecule has 0 fully saturated rings. The molecule has 0 saturated heterocycles. The van der Waals surface area contributed by atoms with Crippen LogP contribution in [0.5, 0.6) is 0 Å². The van der Waals surface area contributed by atoms with Crippen LogP contribution in [0, 0.1) is 13.8 Å². The van der Waals surface area contributed by atoms with Gasteiger partial charge in [0.05, 0.1) is 18.2 Å². The summed E-state index contributed by atoms with van der Waals surface area (Å²) in [5.74, 6) is -0.588. The van der Waals surface area contributed by atoms with Crippen LogP contribution in [-0.4, -0.2) is 35.6 Å². The number of benzene rings is 4. The predicted molar refractivity (Wildman–Crippen MR) is 169 cm³/mol. The zero-order valence-electron chi connectivity index (χ0n) is 24.8. The van der Waals surface area contributed by atoms with Gasteiger partial charge in [-0.1, -0.05) is 90.5 Å². The Hall–Kier alpha value is -4.26. The van der Waals surface area contributed by atoms with Gasteiger partial charge in [0.2, 0.25) is 0 Å². The zero-order chi connectivity index (χ0) is 30.1. The Morgan fingerprint density at radius 3 is 1.83 bits per heavy atom. The van der Waals surface area contributed by atoms with Crippen molar-refractivity contribution in [1.29, 1.82) is 0 Å². The quantitative estimate of drug-likeness (QED) is 0.174. The van der Waals surface area contributed by atoms with E-state index in [1.165, 1.54) is 5.56 Å². The molecule has 0 radical (unpaired) electrons. The second kappa shape index (κ2) is 14.6. The second-order valence-corrected chi connectivity index (χ2v) is 11.1. The molecule has 0 spiro atoms. The average Bonchev–Trinajstić information content (AvgIpc) is 3.00. The molecule has 4 N–H and O–H groups in total. The van der Waals surface area contributed by atoms with Crippen molar-refractivity contribution >= 4 is 11.8 Å². The van der Waals surface area contributed by atoms with Gasteiger partial charge >= 0.3 is 0 Å². The van der Waals surface area contributed by atoms with Gasteiger partial charge in [0, 0.05) is 23.7 Å². The molecule has 0 aliphatic rings. The highest BCUT2D eigenvalue weighted by Crippen LogP contribution is 2.17. The van der Waals surface area contributed by atoms with E-state index in [1.807, 2.05) is 74.5 Å². The Morgan fingerprint density at radius 1 is 0.667 bits per heavy atom. The molecule has 4 rings (SSSR count). The van der Waals surface area contributed by atoms with Gasteiger partial charge in [0.25, 0.3) is 11.8 Å². The van der Waals surface area contributed by atoms with Crippen LogP contribution in [0.25, 0.3) is 0 Å². The smallest absolute Gasteiger partial charge is 0.251 e. The predicted octanol–water partition coefficient (Wildman–Crippen LogP) is 5.85. The molecule has 42 heavy (non-hydrogen) atoms. The highest BCUT2D eigenvalue weighted by atomic mass is 16.3. The number of aryl methyl sites for hydroxylation is 2. The van der Waals surface area contributed by atoms with Crippen LogP contribution in [0.2, 0.25) is 0 Å². The molecule has 4 aromatic carbocycles. The first kappa shape index (κ1) is 30.7. The molecule has 2 amide bonds. The van der Waals surface area contributed by atoms with Crippen LogP contribution < -0.4 is 16.0 Å². The highest BCUT2D eigenvalue weighted by molar-refractivity contribution is 6.00. The first-order valence-corrected chi connectivity index (χ1v) is 14.5. The largest absolute Gasteiger partial charge is 0.390 e. The molecule has 0 saturated carbocycles. The number of rotatable bonds is 12. The van der Waals surface area contributed by atoms with E-state index in [9.17, 15) is 14.7 Å². The Bertz CT molecular complexity index is 1460. The topological polar surface area (TPSA) is 90.5 Å². The standard InChI is InChI=1S/C36H41N3O3/c1-24-15-17-30(18-16-24)26(3)37-23-34(40)33(21-28-11-7-5-8-12-28)39-36(42)32-20-25(2)19-31(22-32)35(41)38-27(4)29-13-9-6-10-14-29/h5-20,22,26-27,33-34,37,40H,21,23H2,1-4H3,(H,38,41)(H,39,42)/t26-,27?,33+,34-/m1/s1. The molecule has 218 valence electrons. The summed E-state index contributed by atoms with van der Waals surface area (Å²) in [7, 11) is 0. The molecule has 0 aromatic heterocycles. The minimum absolute atomic E-state index is 0.0319. The lowest BCUT2D eigenvalue weighted by atomic mass is 9.99. The van der Waals surface area contributed by atoms with Crippen molar-refractivity contribution in [2.24, 2.45) is 0 Å². The van der Waals surface area contributed by atoms with Crippen molar-refractivity contribution in [3.8, 4) is 0 Å². The van der Waals surface area contributed by atoms with E-state index in [0.29, 0.717) is 24.1 Å². The third-order valence-corrected chi connectivity index (χ3v) is 7.54. The molecular weight excluding hydrogens is 522 g/mol. The van der Waals surface area contributed by atoms with Crippen molar-refractivity contribution in [1.82, 2.24) is 16.0 Å². The molecule has 1 unspecified atom stereocenters. The highest BCUT2D eigenvalue weighted by Gasteiger charge is 2.24. The average molecular weight is 564 g/mol. The summed E-state index contributed by atoms with van der Waals surface area (Å²) in [5.41, 5.74) is 5.92. The van der Waals surface area contributed by atoms with Gasteiger partial charge in [-0.2, -0.15) is 0 Å². The lowest BCUT2D eigenvalue weighted by Crippen LogP contribution is -2.49. The SMILES string of the molecule is Cc1ccc([C@@H](C)NC[C@@H](O)[C@H](Cc2ccccc2)NC(=O)c2cc(C)cc(C(=O)NC(C)c3ccccc3)c2)cc1. The summed E-state index contributed by atoms with van der Waals surface area (Å²) >= 11 is 0. The minimum Gasteiger partial charge on any atom is -0.390 e. The Kier molecular flexibility index (Phi) is 10.7. The van der Waals surface area contributed by atoms with E-state index in [2.05, 4.69) is 54.1 Å². The van der Waals surface area contributed by atoms with Gasteiger partial charge in [0.15, 0.2) is 0 Å². The molecule has 6 nitrogen and oxygen atoms in total. The molecule has 0 heterocycles. The summed E-state index contributed by atoms with van der Waals surface area (Å²) in [6, 6.07) is 32.3. The number of carbonyl (C=O) groups is 2. The zero-order valence-corrected chi connectivity index (χ0v) is 24.8. The van der Waals surface area contributed by atoms with Crippen molar-refractivity contribution in [3.63, 3.8) is 0 Å². The van der Waals surface area contributed by atoms with Gasteiger partial charge in [-0.3, -0.25) is 9.59 Å². The molecular formula is C36H41N3O3. The first-order valence-electron chi connectivity index (χ1n) is 14.5. The van der Waals surface area contributed by atoms with Crippen LogP contribution in [0.4, 0.5) is 0 Å². The molecule has 4 aromatic rings. The van der Waals surface area contributed by atoms with Crippen molar-refractivity contribution in [2.75, 3.05) is 6.54 Å². The molecule has 0 aliphatic heterocycles. The molecule has 4 atom stereocenters. The van der Waals surface area contributed by atoms with Crippen LogP contribution >= 0.6 is 0 Å². The number of hydrogen-bond acceptors (Lipinski definition) is 4. The van der Waals surface area contributed by atoms with E-state index in [0.717, 1.165) is 22.3 Å².